The number of benzene rings is 2. The number of amides is 1. The Kier molecular flexibility index (Phi) is 7.33. The Labute approximate surface area is 167 Å². The van der Waals surface area contributed by atoms with Crippen LogP contribution in [0, 0.1) is 0 Å². The van der Waals surface area contributed by atoms with E-state index >= 15 is 0 Å². The summed E-state index contributed by atoms with van der Waals surface area (Å²) >= 11 is 12.0. The van der Waals surface area contributed by atoms with Crippen molar-refractivity contribution in [1.29, 1.82) is 0 Å². The van der Waals surface area contributed by atoms with Crippen LogP contribution < -0.4 is 14.8 Å². The summed E-state index contributed by atoms with van der Waals surface area (Å²) in [6.45, 7) is 1.33. The van der Waals surface area contributed by atoms with E-state index in [0.29, 0.717) is 27.1 Å². The third-order valence-electron chi connectivity index (χ3n) is 3.73. The van der Waals surface area contributed by atoms with Gasteiger partial charge in [0.2, 0.25) is 0 Å². The Bertz CT molecular complexity index is 819. The van der Waals surface area contributed by atoms with Gasteiger partial charge in [-0.2, -0.15) is 0 Å². The van der Waals surface area contributed by atoms with Gasteiger partial charge < -0.3 is 19.5 Å². The molecule has 0 aliphatic carbocycles. The fraction of sp³-hybridized carbons (Fsp3) is 0.263. The molecule has 0 unspecified atom stereocenters. The molecule has 0 saturated heterocycles. The molecule has 0 bridgehead atoms. The van der Waals surface area contributed by atoms with Crippen LogP contribution in [0.3, 0.4) is 0 Å². The minimum Gasteiger partial charge on any atom is -0.497 e. The number of carbonyl (C=O) groups excluding carboxylic acids is 2. The van der Waals surface area contributed by atoms with E-state index in [-0.39, 0.29) is 11.6 Å². The highest BCUT2D eigenvalue weighted by Gasteiger charge is 2.16. The Morgan fingerprint density at radius 3 is 2.22 bits per heavy atom. The number of esters is 1. The fourth-order valence-electron chi connectivity index (χ4n) is 2.35. The second-order valence-corrected chi connectivity index (χ2v) is 6.48. The van der Waals surface area contributed by atoms with Crippen molar-refractivity contribution in [1.82, 2.24) is 5.32 Å². The summed E-state index contributed by atoms with van der Waals surface area (Å²) in [5.41, 5.74) is 0.922. The summed E-state index contributed by atoms with van der Waals surface area (Å²) < 4.78 is 15.3. The molecule has 144 valence electrons. The average Bonchev–Trinajstić information content (AvgIpc) is 2.65. The van der Waals surface area contributed by atoms with E-state index in [2.05, 4.69) is 5.32 Å². The van der Waals surface area contributed by atoms with Crippen molar-refractivity contribution in [2.45, 2.75) is 13.0 Å². The van der Waals surface area contributed by atoms with Gasteiger partial charge in [-0.15, -0.1) is 0 Å². The zero-order valence-corrected chi connectivity index (χ0v) is 16.6. The van der Waals surface area contributed by atoms with Crippen LogP contribution in [0.2, 0.25) is 10.0 Å². The van der Waals surface area contributed by atoms with Crippen LogP contribution in [0.1, 0.15) is 28.9 Å². The quantitative estimate of drug-likeness (QED) is 0.695. The van der Waals surface area contributed by atoms with Gasteiger partial charge in [0.05, 0.1) is 25.8 Å². The summed E-state index contributed by atoms with van der Waals surface area (Å²) in [6, 6.07) is 9.25. The Hall–Kier alpha value is -2.44. The van der Waals surface area contributed by atoms with E-state index in [1.54, 1.807) is 31.2 Å². The lowest BCUT2D eigenvalue weighted by Crippen LogP contribution is -2.31. The van der Waals surface area contributed by atoms with Crippen LogP contribution in [-0.4, -0.2) is 32.7 Å². The SMILES string of the molecule is COc1cc(OC)cc(C(=O)OCC(=O)N[C@H](C)c2ccc(Cl)cc2Cl)c1. The monoisotopic (exact) mass is 411 g/mol. The first kappa shape index (κ1) is 20.9. The number of ether oxygens (including phenoxy) is 3. The Morgan fingerprint density at radius 1 is 1.04 bits per heavy atom. The molecule has 27 heavy (non-hydrogen) atoms. The number of hydrogen-bond donors (Lipinski definition) is 1. The van der Waals surface area contributed by atoms with Gasteiger partial charge in [0.15, 0.2) is 6.61 Å². The van der Waals surface area contributed by atoms with Crippen LogP contribution in [0.25, 0.3) is 0 Å². The molecule has 0 radical (unpaired) electrons. The third kappa shape index (κ3) is 5.77. The van der Waals surface area contributed by atoms with Gasteiger partial charge in [-0.3, -0.25) is 4.79 Å². The molecule has 0 spiro atoms. The van der Waals surface area contributed by atoms with E-state index < -0.39 is 18.5 Å². The average molecular weight is 412 g/mol. The largest absolute Gasteiger partial charge is 0.497 e. The van der Waals surface area contributed by atoms with E-state index in [1.807, 2.05) is 0 Å². The maximum atomic E-state index is 12.2. The minimum atomic E-state index is -0.667. The van der Waals surface area contributed by atoms with Gasteiger partial charge in [-0.1, -0.05) is 29.3 Å². The van der Waals surface area contributed by atoms with Gasteiger partial charge in [0.1, 0.15) is 11.5 Å². The summed E-state index contributed by atoms with van der Waals surface area (Å²) in [7, 11) is 2.95. The topological polar surface area (TPSA) is 73.9 Å². The normalized spacial score (nSPS) is 11.4. The van der Waals surface area contributed by atoms with Gasteiger partial charge in [-0.05, 0) is 36.8 Å². The van der Waals surface area contributed by atoms with Crippen molar-refractivity contribution in [3.63, 3.8) is 0 Å². The molecule has 0 fully saturated rings. The molecule has 2 rings (SSSR count). The standard InChI is InChI=1S/C19H19Cl2NO5/c1-11(16-5-4-13(20)8-17(16)21)22-18(23)10-27-19(24)12-6-14(25-2)9-15(7-12)26-3/h4-9,11H,10H2,1-3H3,(H,22,23)/t11-/m1/s1. The molecule has 1 N–H and O–H groups in total. The molecule has 8 heteroatoms. The molecular weight excluding hydrogens is 393 g/mol. The van der Waals surface area contributed by atoms with Crippen LogP contribution >= 0.6 is 23.2 Å². The minimum absolute atomic E-state index is 0.216. The first-order chi connectivity index (χ1) is 12.8. The fourth-order valence-corrected chi connectivity index (χ4v) is 2.93. The number of methoxy groups -OCH3 is 2. The second-order valence-electron chi connectivity index (χ2n) is 5.63. The molecular formula is C19H19Cl2NO5. The molecule has 0 aliphatic rings. The van der Waals surface area contributed by atoms with Crippen LogP contribution in [0.4, 0.5) is 0 Å². The highest BCUT2D eigenvalue weighted by molar-refractivity contribution is 6.35. The van der Waals surface area contributed by atoms with Crippen molar-refractivity contribution in [3.05, 3.63) is 57.6 Å². The zero-order chi connectivity index (χ0) is 20.0. The van der Waals surface area contributed by atoms with E-state index in [0.717, 1.165) is 0 Å². The summed E-state index contributed by atoms with van der Waals surface area (Å²) in [5.74, 6) is -0.246. The van der Waals surface area contributed by atoms with Crippen molar-refractivity contribution in [3.8, 4) is 11.5 Å². The molecule has 1 atom stereocenters. The van der Waals surface area contributed by atoms with Crippen LogP contribution in [-0.2, 0) is 9.53 Å². The third-order valence-corrected chi connectivity index (χ3v) is 4.29. The first-order valence-electron chi connectivity index (χ1n) is 7.98. The van der Waals surface area contributed by atoms with Gasteiger partial charge in [0, 0.05) is 16.1 Å². The lowest BCUT2D eigenvalue weighted by Gasteiger charge is -2.16. The van der Waals surface area contributed by atoms with Gasteiger partial charge >= 0.3 is 5.97 Å². The maximum Gasteiger partial charge on any atom is 0.338 e. The number of halogens is 2. The summed E-state index contributed by atoms with van der Waals surface area (Å²) in [5, 5.41) is 3.66. The number of hydrogen-bond acceptors (Lipinski definition) is 5. The molecule has 2 aromatic carbocycles. The number of nitrogens with one attached hydrogen (secondary N) is 1. The molecule has 6 nitrogen and oxygen atoms in total. The van der Waals surface area contributed by atoms with Crippen LogP contribution in [0.15, 0.2) is 36.4 Å². The molecule has 0 aromatic heterocycles. The smallest absolute Gasteiger partial charge is 0.338 e. The number of rotatable bonds is 7. The van der Waals surface area contributed by atoms with E-state index in [4.69, 9.17) is 37.4 Å². The highest BCUT2D eigenvalue weighted by atomic mass is 35.5. The van der Waals surface area contributed by atoms with Crippen molar-refractivity contribution >= 4 is 35.1 Å². The second kappa shape index (κ2) is 9.48. The Balaban J connectivity index is 1.96. The Morgan fingerprint density at radius 2 is 1.67 bits per heavy atom. The maximum absolute atomic E-state index is 12.2. The van der Waals surface area contributed by atoms with Gasteiger partial charge in [-0.25, -0.2) is 4.79 Å². The predicted octanol–water partition coefficient (Wildman–Crippen LogP) is 4.04. The van der Waals surface area contributed by atoms with E-state index in [9.17, 15) is 9.59 Å². The summed E-state index contributed by atoms with van der Waals surface area (Å²) in [6.07, 6.45) is 0. The molecule has 2 aromatic rings. The zero-order valence-electron chi connectivity index (χ0n) is 15.0. The number of carbonyl (C=O) groups is 2. The lowest BCUT2D eigenvalue weighted by atomic mass is 10.1. The lowest BCUT2D eigenvalue weighted by molar-refractivity contribution is -0.124. The van der Waals surface area contributed by atoms with Crippen LogP contribution in [0.5, 0.6) is 11.5 Å². The van der Waals surface area contributed by atoms with Crippen molar-refractivity contribution in [2.75, 3.05) is 20.8 Å². The molecule has 0 saturated carbocycles. The molecule has 0 heterocycles. The van der Waals surface area contributed by atoms with Crippen molar-refractivity contribution < 1.29 is 23.8 Å². The molecule has 1 amide bonds. The van der Waals surface area contributed by atoms with Crippen molar-refractivity contribution in [2.24, 2.45) is 0 Å². The predicted molar refractivity (Wildman–Crippen MR) is 103 cm³/mol. The van der Waals surface area contributed by atoms with E-state index in [1.165, 1.54) is 26.4 Å². The first-order valence-corrected chi connectivity index (χ1v) is 8.74. The summed E-state index contributed by atoms with van der Waals surface area (Å²) in [4.78, 5) is 24.3. The molecule has 0 aliphatic heterocycles. The van der Waals surface area contributed by atoms with Gasteiger partial charge in [0.25, 0.3) is 5.91 Å². The highest BCUT2D eigenvalue weighted by Crippen LogP contribution is 2.26.